The van der Waals surface area contributed by atoms with Crippen molar-refractivity contribution < 1.29 is 5.11 Å². The van der Waals surface area contributed by atoms with E-state index in [1.54, 1.807) is 0 Å². The van der Waals surface area contributed by atoms with E-state index in [1.165, 1.54) is 5.56 Å². The van der Waals surface area contributed by atoms with Gasteiger partial charge >= 0.3 is 0 Å². The minimum atomic E-state index is -0.230. The van der Waals surface area contributed by atoms with Crippen molar-refractivity contribution in [1.82, 2.24) is 0 Å². The first-order valence-corrected chi connectivity index (χ1v) is 5.44. The number of hydrogen-bond acceptors (Lipinski definition) is 1. The normalized spacial score (nSPS) is 25.9. The highest BCUT2D eigenvalue weighted by Crippen LogP contribution is 2.19. The van der Waals surface area contributed by atoms with Crippen molar-refractivity contribution in [3.63, 3.8) is 0 Å². The minimum Gasteiger partial charge on any atom is -0.389 e. The molecule has 0 saturated heterocycles. The molecule has 2 atom stereocenters. The van der Waals surface area contributed by atoms with Crippen LogP contribution in [0.3, 0.4) is 0 Å². The zero-order valence-electron chi connectivity index (χ0n) is 8.71. The van der Waals surface area contributed by atoms with Gasteiger partial charge in [0.25, 0.3) is 0 Å². The predicted octanol–water partition coefficient (Wildman–Crippen LogP) is 3.03. The zero-order chi connectivity index (χ0) is 10.5. The standard InChI is InChI=1S/C14H16O/c15-14-10-8-13(9-11-14)7-6-12-4-2-1-3-5-12/h1-8,10,13-15H,9,11H2/b7-6-/t13?,14-/m1/s1. The lowest BCUT2D eigenvalue weighted by Crippen LogP contribution is -2.10. The molecule has 1 aliphatic carbocycles. The summed E-state index contributed by atoms with van der Waals surface area (Å²) >= 11 is 0. The highest BCUT2D eigenvalue weighted by Gasteiger charge is 2.10. The van der Waals surface area contributed by atoms with Gasteiger partial charge < -0.3 is 5.11 Å². The molecular formula is C14H16O. The molecule has 0 aliphatic heterocycles. The summed E-state index contributed by atoms with van der Waals surface area (Å²) in [7, 11) is 0. The molecule has 1 aromatic carbocycles. The smallest absolute Gasteiger partial charge is 0.0721 e. The molecule has 1 heteroatoms. The topological polar surface area (TPSA) is 20.2 Å². The lowest BCUT2D eigenvalue weighted by molar-refractivity contribution is 0.199. The molecule has 0 radical (unpaired) electrons. The summed E-state index contributed by atoms with van der Waals surface area (Å²) in [5, 5.41) is 9.30. The van der Waals surface area contributed by atoms with E-state index in [-0.39, 0.29) is 6.10 Å². The van der Waals surface area contributed by atoms with Gasteiger partial charge in [-0.25, -0.2) is 0 Å². The molecule has 0 saturated carbocycles. The Bertz CT molecular complexity index is 351. The van der Waals surface area contributed by atoms with Crippen molar-refractivity contribution in [2.24, 2.45) is 5.92 Å². The summed E-state index contributed by atoms with van der Waals surface area (Å²) in [6, 6.07) is 10.3. The van der Waals surface area contributed by atoms with Crippen LogP contribution in [0.4, 0.5) is 0 Å². The average molecular weight is 200 g/mol. The summed E-state index contributed by atoms with van der Waals surface area (Å²) in [6.45, 7) is 0. The molecule has 1 nitrogen and oxygen atoms in total. The van der Waals surface area contributed by atoms with Crippen LogP contribution in [-0.2, 0) is 0 Å². The van der Waals surface area contributed by atoms with Crippen LogP contribution in [0.1, 0.15) is 18.4 Å². The Balaban J connectivity index is 1.98. The van der Waals surface area contributed by atoms with Gasteiger partial charge in [0.05, 0.1) is 6.10 Å². The SMILES string of the molecule is O[C@@H]1C=CC(/C=C\c2ccccc2)CC1. The van der Waals surface area contributed by atoms with Gasteiger partial charge in [0.2, 0.25) is 0 Å². The van der Waals surface area contributed by atoms with Crippen LogP contribution in [0.5, 0.6) is 0 Å². The minimum absolute atomic E-state index is 0.230. The van der Waals surface area contributed by atoms with Crippen molar-refractivity contribution in [2.75, 3.05) is 0 Å². The van der Waals surface area contributed by atoms with E-state index >= 15 is 0 Å². The Morgan fingerprint density at radius 2 is 1.87 bits per heavy atom. The van der Waals surface area contributed by atoms with Crippen LogP contribution < -0.4 is 0 Å². The molecule has 15 heavy (non-hydrogen) atoms. The Hall–Kier alpha value is -1.34. The lowest BCUT2D eigenvalue weighted by atomic mass is 9.93. The third kappa shape index (κ3) is 3.07. The molecule has 0 aromatic heterocycles. The van der Waals surface area contributed by atoms with Gasteiger partial charge in [-0.3, -0.25) is 0 Å². The molecule has 0 bridgehead atoms. The number of rotatable bonds is 2. The second kappa shape index (κ2) is 4.94. The van der Waals surface area contributed by atoms with E-state index in [1.807, 2.05) is 24.3 Å². The first kappa shape index (κ1) is 10.2. The van der Waals surface area contributed by atoms with Crippen LogP contribution in [0.15, 0.2) is 48.6 Å². The van der Waals surface area contributed by atoms with E-state index in [0.29, 0.717) is 5.92 Å². The van der Waals surface area contributed by atoms with Crippen molar-refractivity contribution in [3.05, 3.63) is 54.1 Å². The molecule has 0 amide bonds. The fraction of sp³-hybridized carbons (Fsp3) is 0.286. The Labute approximate surface area is 90.8 Å². The summed E-state index contributed by atoms with van der Waals surface area (Å²) in [6.07, 6.45) is 10.0. The monoisotopic (exact) mass is 200 g/mol. The Morgan fingerprint density at radius 3 is 2.53 bits per heavy atom. The van der Waals surface area contributed by atoms with Gasteiger partial charge in [-0.1, -0.05) is 54.6 Å². The van der Waals surface area contributed by atoms with Crippen molar-refractivity contribution in [2.45, 2.75) is 18.9 Å². The van der Waals surface area contributed by atoms with Crippen molar-refractivity contribution in [3.8, 4) is 0 Å². The van der Waals surface area contributed by atoms with Gasteiger partial charge in [-0.2, -0.15) is 0 Å². The maximum Gasteiger partial charge on any atom is 0.0721 e. The number of allylic oxidation sites excluding steroid dienone is 2. The van der Waals surface area contributed by atoms with Crippen LogP contribution in [-0.4, -0.2) is 11.2 Å². The number of aliphatic hydroxyl groups excluding tert-OH is 1. The molecule has 0 spiro atoms. The molecule has 1 unspecified atom stereocenters. The van der Waals surface area contributed by atoms with Crippen LogP contribution >= 0.6 is 0 Å². The molecule has 0 heterocycles. The van der Waals surface area contributed by atoms with E-state index in [4.69, 9.17) is 0 Å². The second-order valence-corrected chi connectivity index (χ2v) is 3.96. The Kier molecular flexibility index (Phi) is 3.36. The summed E-state index contributed by atoms with van der Waals surface area (Å²) < 4.78 is 0. The molecule has 1 aliphatic rings. The highest BCUT2D eigenvalue weighted by molar-refractivity contribution is 5.49. The second-order valence-electron chi connectivity index (χ2n) is 3.96. The fourth-order valence-electron chi connectivity index (χ4n) is 1.79. The van der Waals surface area contributed by atoms with E-state index in [2.05, 4.69) is 30.4 Å². The lowest BCUT2D eigenvalue weighted by Gasteiger charge is -2.16. The Morgan fingerprint density at radius 1 is 1.07 bits per heavy atom. The quantitative estimate of drug-likeness (QED) is 0.727. The highest BCUT2D eigenvalue weighted by atomic mass is 16.3. The third-order valence-electron chi connectivity index (χ3n) is 2.71. The number of hydrogen-bond donors (Lipinski definition) is 1. The van der Waals surface area contributed by atoms with Crippen LogP contribution in [0, 0.1) is 5.92 Å². The number of aliphatic hydroxyl groups is 1. The molecule has 1 aromatic rings. The summed E-state index contributed by atoms with van der Waals surface area (Å²) in [5.74, 6) is 0.480. The van der Waals surface area contributed by atoms with E-state index < -0.39 is 0 Å². The largest absolute Gasteiger partial charge is 0.389 e. The van der Waals surface area contributed by atoms with E-state index in [9.17, 15) is 5.11 Å². The van der Waals surface area contributed by atoms with Crippen LogP contribution in [0.2, 0.25) is 0 Å². The molecule has 2 rings (SSSR count). The van der Waals surface area contributed by atoms with Crippen molar-refractivity contribution in [1.29, 1.82) is 0 Å². The predicted molar refractivity (Wildman–Crippen MR) is 63.3 cm³/mol. The average Bonchev–Trinajstić information content (AvgIpc) is 2.30. The zero-order valence-corrected chi connectivity index (χ0v) is 8.71. The van der Waals surface area contributed by atoms with Gasteiger partial charge in [0, 0.05) is 0 Å². The third-order valence-corrected chi connectivity index (χ3v) is 2.71. The number of benzene rings is 1. The fourth-order valence-corrected chi connectivity index (χ4v) is 1.79. The van der Waals surface area contributed by atoms with Gasteiger partial charge in [0.1, 0.15) is 0 Å². The van der Waals surface area contributed by atoms with Gasteiger partial charge in [-0.15, -0.1) is 0 Å². The maximum atomic E-state index is 9.30. The molecule has 78 valence electrons. The molecular weight excluding hydrogens is 184 g/mol. The van der Waals surface area contributed by atoms with Gasteiger partial charge in [-0.05, 0) is 24.3 Å². The summed E-state index contributed by atoms with van der Waals surface area (Å²) in [4.78, 5) is 0. The van der Waals surface area contributed by atoms with E-state index in [0.717, 1.165) is 12.8 Å². The first-order valence-electron chi connectivity index (χ1n) is 5.44. The van der Waals surface area contributed by atoms with Gasteiger partial charge in [0.15, 0.2) is 0 Å². The maximum absolute atomic E-state index is 9.30. The summed E-state index contributed by atoms with van der Waals surface area (Å²) in [5.41, 5.74) is 1.23. The first-order chi connectivity index (χ1) is 7.34. The molecule has 1 N–H and O–H groups in total. The van der Waals surface area contributed by atoms with Crippen LogP contribution in [0.25, 0.3) is 6.08 Å². The molecule has 0 fully saturated rings. The van der Waals surface area contributed by atoms with Crippen molar-refractivity contribution >= 4 is 6.08 Å².